The minimum absolute atomic E-state index is 0.705. The molecule has 0 unspecified atom stereocenters. The van der Waals surface area contributed by atoms with Crippen LogP contribution in [0.25, 0.3) is 0 Å². The van der Waals surface area contributed by atoms with Crippen molar-refractivity contribution in [2.45, 2.75) is 13.5 Å². The van der Waals surface area contributed by atoms with Gasteiger partial charge in [0.2, 0.25) is 0 Å². The summed E-state index contributed by atoms with van der Waals surface area (Å²) in [7, 11) is 1.67. The summed E-state index contributed by atoms with van der Waals surface area (Å²) >= 11 is 0. The lowest BCUT2D eigenvalue weighted by Gasteiger charge is -2.08. The smallest absolute Gasteiger partial charge is 0.147 e. The van der Waals surface area contributed by atoms with Gasteiger partial charge in [-0.2, -0.15) is 0 Å². The molecule has 1 heterocycles. The molecule has 1 aromatic carbocycles. The minimum Gasteiger partial charge on any atom is -0.497 e. The van der Waals surface area contributed by atoms with Crippen LogP contribution in [-0.2, 0) is 6.54 Å². The molecule has 0 radical (unpaired) electrons. The Morgan fingerprint density at radius 3 is 2.82 bits per heavy atom. The van der Waals surface area contributed by atoms with Crippen LogP contribution in [0.5, 0.6) is 5.75 Å². The second kappa shape index (κ2) is 5.30. The van der Waals surface area contributed by atoms with Gasteiger partial charge in [-0.05, 0) is 24.6 Å². The fraction of sp³-hybridized carbons (Fsp3) is 0.231. The fourth-order valence-corrected chi connectivity index (χ4v) is 1.55. The molecule has 0 spiro atoms. The van der Waals surface area contributed by atoms with E-state index in [0.29, 0.717) is 6.54 Å². The Kier molecular flexibility index (Phi) is 3.55. The van der Waals surface area contributed by atoms with Crippen LogP contribution in [0.2, 0.25) is 0 Å². The maximum absolute atomic E-state index is 5.17. The van der Waals surface area contributed by atoms with Crippen LogP contribution < -0.4 is 10.1 Å². The zero-order valence-electron chi connectivity index (χ0n) is 9.97. The monoisotopic (exact) mass is 229 g/mol. The Morgan fingerprint density at radius 2 is 2.06 bits per heavy atom. The maximum Gasteiger partial charge on any atom is 0.147 e. The Hall–Kier alpha value is -2.10. The lowest BCUT2D eigenvalue weighted by molar-refractivity contribution is 0.414. The van der Waals surface area contributed by atoms with Crippen LogP contribution in [0.1, 0.15) is 11.3 Å². The molecule has 0 saturated carbocycles. The molecule has 0 amide bonds. The van der Waals surface area contributed by atoms with Crippen molar-refractivity contribution in [3.8, 4) is 5.75 Å². The summed E-state index contributed by atoms with van der Waals surface area (Å²) < 4.78 is 5.17. The van der Waals surface area contributed by atoms with Gasteiger partial charge in [0, 0.05) is 18.9 Å². The zero-order valence-corrected chi connectivity index (χ0v) is 9.97. The second-order valence-electron chi connectivity index (χ2n) is 3.70. The normalized spacial score (nSPS) is 10.0. The van der Waals surface area contributed by atoms with Crippen LogP contribution in [-0.4, -0.2) is 17.1 Å². The number of benzene rings is 1. The lowest BCUT2D eigenvalue weighted by atomic mass is 10.2. The summed E-state index contributed by atoms with van der Waals surface area (Å²) in [4.78, 5) is 8.41. The number of aryl methyl sites for hydroxylation is 1. The molecule has 88 valence electrons. The van der Waals surface area contributed by atoms with Crippen LogP contribution in [0.4, 0.5) is 5.82 Å². The Morgan fingerprint density at radius 1 is 1.24 bits per heavy atom. The highest BCUT2D eigenvalue weighted by Crippen LogP contribution is 2.14. The van der Waals surface area contributed by atoms with E-state index >= 15 is 0 Å². The lowest BCUT2D eigenvalue weighted by Crippen LogP contribution is -2.04. The van der Waals surface area contributed by atoms with E-state index in [1.807, 2.05) is 31.2 Å². The molecule has 1 N–H and O–H groups in total. The minimum atomic E-state index is 0.705. The number of aromatic nitrogens is 2. The van der Waals surface area contributed by atoms with Crippen molar-refractivity contribution in [1.29, 1.82) is 0 Å². The van der Waals surface area contributed by atoms with Gasteiger partial charge in [0.15, 0.2) is 0 Å². The molecule has 0 aliphatic carbocycles. The van der Waals surface area contributed by atoms with Crippen molar-refractivity contribution in [2.75, 3.05) is 12.4 Å². The predicted molar refractivity (Wildman–Crippen MR) is 67.1 cm³/mol. The first-order chi connectivity index (χ1) is 8.29. The van der Waals surface area contributed by atoms with Crippen molar-refractivity contribution in [1.82, 2.24) is 9.97 Å². The Labute approximate surface area is 101 Å². The molecule has 0 saturated heterocycles. The third kappa shape index (κ3) is 2.93. The highest BCUT2D eigenvalue weighted by atomic mass is 16.5. The van der Waals surface area contributed by atoms with Crippen LogP contribution in [0.15, 0.2) is 36.7 Å². The quantitative estimate of drug-likeness (QED) is 0.874. The molecule has 0 bridgehead atoms. The molecule has 0 atom stereocenters. The van der Waals surface area contributed by atoms with Crippen molar-refractivity contribution in [2.24, 2.45) is 0 Å². The largest absolute Gasteiger partial charge is 0.497 e. The third-order valence-corrected chi connectivity index (χ3v) is 2.48. The molecule has 2 rings (SSSR count). The molecular formula is C13H15N3O. The zero-order chi connectivity index (χ0) is 12.1. The number of nitrogens with one attached hydrogen (secondary N) is 1. The second-order valence-corrected chi connectivity index (χ2v) is 3.70. The number of hydrogen-bond donors (Lipinski definition) is 1. The van der Waals surface area contributed by atoms with E-state index < -0.39 is 0 Å². The molecular weight excluding hydrogens is 214 g/mol. The van der Waals surface area contributed by atoms with E-state index in [4.69, 9.17) is 4.74 Å². The van der Waals surface area contributed by atoms with Gasteiger partial charge in [0.1, 0.15) is 11.6 Å². The van der Waals surface area contributed by atoms with Gasteiger partial charge in [-0.1, -0.05) is 12.1 Å². The van der Waals surface area contributed by atoms with Crippen molar-refractivity contribution in [3.05, 3.63) is 47.9 Å². The number of rotatable bonds is 4. The average Bonchev–Trinajstić information content (AvgIpc) is 2.38. The van der Waals surface area contributed by atoms with E-state index in [9.17, 15) is 0 Å². The molecule has 17 heavy (non-hydrogen) atoms. The van der Waals surface area contributed by atoms with Gasteiger partial charge in [-0.25, -0.2) is 4.98 Å². The Balaban J connectivity index is 2.05. The summed E-state index contributed by atoms with van der Waals surface area (Å²) in [5.41, 5.74) is 2.05. The van der Waals surface area contributed by atoms with Crippen molar-refractivity contribution in [3.63, 3.8) is 0 Å². The molecule has 0 aliphatic rings. The van der Waals surface area contributed by atoms with Gasteiger partial charge in [0.05, 0.1) is 12.8 Å². The highest BCUT2D eigenvalue weighted by molar-refractivity contribution is 5.40. The van der Waals surface area contributed by atoms with Crippen LogP contribution in [0.3, 0.4) is 0 Å². The third-order valence-electron chi connectivity index (χ3n) is 2.48. The molecule has 2 aromatic rings. The van der Waals surface area contributed by atoms with Crippen molar-refractivity contribution < 1.29 is 4.74 Å². The van der Waals surface area contributed by atoms with Gasteiger partial charge < -0.3 is 10.1 Å². The summed E-state index contributed by atoms with van der Waals surface area (Å²) in [5, 5.41) is 3.25. The first-order valence-electron chi connectivity index (χ1n) is 5.44. The van der Waals surface area contributed by atoms with Crippen molar-refractivity contribution >= 4 is 5.82 Å². The van der Waals surface area contributed by atoms with Crippen LogP contribution in [0, 0.1) is 6.92 Å². The number of anilines is 1. The highest BCUT2D eigenvalue weighted by Gasteiger charge is 2.00. The molecule has 4 nitrogen and oxygen atoms in total. The van der Waals surface area contributed by atoms with Gasteiger partial charge >= 0.3 is 0 Å². The van der Waals surface area contributed by atoms with E-state index in [1.165, 1.54) is 0 Å². The SMILES string of the molecule is COc1cccc(CNc2nccnc2C)c1. The van der Waals surface area contributed by atoms with Gasteiger partial charge in [-0.3, -0.25) is 4.98 Å². The number of nitrogens with zero attached hydrogens (tertiary/aromatic N) is 2. The number of hydrogen-bond acceptors (Lipinski definition) is 4. The van der Waals surface area contributed by atoms with Gasteiger partial charge in [0.25, 0.3) is 0 Å². The maximum atomic E-state index is 5.17. The predicted octanol–water partition coefficient (Wildman–Crippen LogP) is 2.41. The fourth-order valence-electron chi connectivity index (χ4n) is 1.55. The molecule has 1 aromatic heterocycles. The average molecular weight is 229 g/mol. The Bertz CT molecular complexity index is 500. The summed E-state index contributed by atoms with van der Waals surface area (Å²) in [5.74, 6) is 1.68. The topological polar surface area (TPSA) is 47.0 Å². The summed E-state index contributed by atoms with van der Waals surface area (Å²) in [6.45, 7) is 2.64. The van der Waals surface area contributed by atoms with E-state index in [1.54, 1.807) is 19.5 Å². The number of ether oxygens (including phenoxy) is 1. The van der Waals surface area contributed by atoms with E-state index in [-0.39, 0.29) is 0 Å². The molecule has 0 fully saturated rings. The van der Waals surface area contributed by atoms with Gasteiger partial charge in [-0.15, -0.1) is 0 Å². The first-order valence-corrected chi connectivity index (χ1v) is 5.44. The molecule has 4 heteroatoms. The van der Waals surface area contributed by atoms with E-state index in [0.717, 1.165) is 22.8 Å². The summed E-state index contributed by atoms with van der Waals surface area (Å²) in [6, 6.07) is 7.94. The van der Waals surface area contributed by atoms with E-state index in [2.05, 4.69) is 15.3 Å². The first kappa shape index (κ1) is 11.4. The summed E-state index contributed by atoms with van der Waals surface area (Å²) in [6.07, 6.45) is 3.37. The molecule has 0 aliphatic heterocycles. The number of methoxy groups -OCH3 is 1. The standard InChI is InChI=1S/C13H15N3O/c1-10-13(15-7-6-14-10)16-9-11-4-3-5-12(8-11)17-2/h3-8H,9H2,1-2H3,(H,15,16). The van der Waals surface area contributed by atoms with Crippen LogP contribution >= 0.6 is 0 Å².